The molecule has 0 bridgehead atoms. The van der Waals surface area contributed by atoms with Crippen molar-refractivity contribution in [3.8, 4) is 0 Å². The third kappa shape index (κ3) is 16.7. The van der Waals surface area contributed by atoms with Crippen LogP contribution in [-0.4, -0.2) is 74.6 Å². The van der Waals surface area contributed by atoms with Crippen molar-refractivity contribution >= 4 is 0 Å². The second kappa shape index (κ2) is 30.1. The van der Waals surface area contributed by atoms with Crippen LogP contribution in [0.15, 0.2) is 243 Å². The lowest BCUT2D eigenvalue weighted by Crippen LogP contribution is -2.66. The highest BCUT2D eigenvalue weighted by Crippen LogP contribution is 2.37. The largest absolute Gasteiger partial charge is 0.374 e. The Kier molecular flexibility index (Phi) is 21.2. The third-order valence-electron chi connectivity index (χ3n) is 13.9. The highest BCUT2D eigenvalue weighted by molar-refractivity contribution is 5.20. The van der Waals surface area contributed by atoms with Crippen molar-refractivity contribution in [1.82, 2.24) is 0 Å². The van der Waals surface area contributed by atoms with Gasteiger partial charge in [0.25, 0.3) is 0 Å². The first kappa shape index (κ1) is 55.6. The molecule has 2 heterocycles. The van der Waals surface area contributed by atoms with Crippen molar-refractivity contribution in [3.63, 3.8) is 0 Å². The van der Waals surface area contributed by atoms with Crippen LogP contribution in [-0.2, 0) is 105 Å². The normalized spacial score (nSPS) is 23.0. The summed E-state index contributed by atoms with van der Waals surface area (Å²) in [6.45, 7) is 2.47. The number of hydrogen-bond acceptors (Lipinski definition) is 11. The van der Waals surface area contributed by atoms with Crippen molar-refractivity contribution in [2.75, 3.05) is 13.2 Å². The first-order chi connectivity index (χ1) is 39.2. The molecule has 2 saturated heterocycles. The molecule has 2 aliphatic heterocycles. The monoisotopic (exact) mass is 1060 g/mol. The van der Waals surface area contributed by atoms with Gasteiger partial charge in [-0.2, -0.15) is 0 Å². The smallest absolute Gasteiger partial charge is 0.190 e. The Hall–Kier alpha value is -6.68. The molecule has 2 aliphatic rings. The molecule has 8 aromatic carbocycles. The van der Waals surface area contributed by atoms with E-state index in [1.165, 1.54) is 0 Å². The lowest BCUT2D eigenvalue weighted by molar-refractivity contribution is -0.394. The average molecular weight is 1060 g/mol. The Morgan fingerprint density at radius 1 is 0.228 bits per heavy atom. The Morgan fingerprint density at radius 3 is 0.671 bits per heavy atom. The minimum Gasteiger partial charge on any atom is -0.374 e. The van der Waals surface area contributed by atoms with E-state index < -0.39 is 61.4 Å². The number of hydrogen-bond donors (Lipinski definition) is 0. The van der Waals surface area contributed by atoms with Crippen LogP contribution in [0, 0.1) is 0 Å². The molecular formula is C68H70O11. The summed E-state index contributed by atoms with van der Waals surface area (Å²) >= 11 is 0. The van der Waals surface area contributed by atoms with E-state index >= 15 is 0 Å². The van der Waals surface area contributed by atoms with Crippen molar-refractivity contribution in [2.24, 2.45) is 0 Å². The summed E-state index contributed by atoms with van der Waals surface area (Å²) in [5, 5.41) is 0. The molecule has 0 saturated carbocycles. The van der Waals surface area contributed by atoms with Crippen LogP contribution in [0.3, 0.4) is 0 Å². The van der Waals surface area contributed by atoms with Crippen LogP contribution in [0.4, 0.5) is 0 Å². The van der Waals surface area contributed by atoms with Crippen molar-refractivity contribution in [1.29, 1.82) is 0 Å². The Labute approximate surface area is 464 Å². The molecule has 0 aliphatic carbocycles. The van der Waals surface area contributed by atoms with Crippen LogP contribution in [0.25, 0.3) is 0 Å². The summed E-state index contributed by atoms with van der Waals surface area (Å²) < 4.78 is 77.6. The van der Waals surface area contributed by atoms with E-state index in [2.05, 4.69) is 0 Å². The number of ether oxygens (including phenoxy) is 11. The van der Waals surface area contributed by atoms with E-state index in [0.29, 0.717) is 13.2 Å². The highest BCUT2D eigenvalue weighted by atomic mass is 16.8. The maximum atomic E-state index is 7.43. The molecule has 0 amide bonds. The van der Waals surface area contributed by atoms with Crippen LogP contribution in [0.5, 0.6) is 0 Å². The first-order valence-corrected chi connectivity index (χ1v) is 27.3. The molecule has 0 aromatic heterocycles. The summed E-state index contributed by atoms with van der Waals surface area (Å²) in [7, 11) is 0. The molecule has 2 fully saturated rings. The van der Waals surface area contributed by atoms with Gasteiger partial charge in [-0.3, -0.25) is 0 Å². The summed E-state index contributed by atoms with van der Waals surface area (Å²) in [4.78, 5) is 0. The lowest BCUT2D eigenvalue weighted by Gasteiger charge is -2.49. The van der Waals surface area contributed by atoms with Crippen LogP contribution in [0.1, 0.15) is 44.5 Å². The maximum absolute atomic E-state index is 7.43. The average Bonchev–Trinajstić information content (AvgIpc) is 3.56. The van der Waals surface area contributed by atoms with E-state index in [0.717, 1.165) is 44.5 Å². The van der Waals surface area contributed by atoms with Gasteiger partial charge < -0.3 is 52.1 Å². The van der Waals surface area contributed by atoms with Gasteiger partial charge in [0, 0.05) is 0 Å². The molecule has 79 heavy (non-hydrogen) atoms. The van der Waals surface area contributed by atoms with Gasteiger partial charge >= 0.3 is 0 Å². The van der Waals surface area contributed by atoms with Gasteiger partial charge in [0.1, 0.15) is 48.8 Å². The van der Waals surface area contributed by atoms with Gasteiger partial charge in [0.2, 0.25) is 0 Å². The fraction of sp³-hybridized carbons (Fsp3) is 0.294. The van der Waals surface area contributed by atoms with Gasteiger partial charge in [-0.1, -0.05) is 243 Å². The zero-order valence-electron chi connectivity index (χ0n) is 44.4. The van der Waals surface area contributed by atoms with E-state index in [1.807, 2.05) is 243 Å². The standard InChI is InChI=1S/C68H70O11/c1-9-25-51(26-10-1)41-69-49-59-61(71-43-53-29-13-3-14-30-53)63(73-45-55-33-17-5-18-34-55)65(75-47-57-37-21-7-22-38-57)67(77-59)79-68-66(76-48-58-39-23-8-24-40-58)64(74-46-56-35-19-6-20-36-56)62(72-44-54-31-15-4-16-32-54)60(78-68)50-70-42-52-27-11-2-12-28-52/h1-40,59-68H,41-50H2. The zero-order valence-corrected chi connectivity index (χ0v) is 44.4. The second-order valence-corrected chi connectivity index (χ2v) is 19.8. The van der Waals surface area contributed by atoms with Gasteiger partial charge in [-0.05, 0) is 44.5 Å². The van der Waals surface area contributed by atoms with Gasteiger partial charge in [0.05, 0.1) is 66.1 Å². The molecule has 0 N–H and O–H groups in total. The number of benzene rings is 8. The van der Waals surface area contributed by atoms with Crippen LogP contribution < -0.4 is 0 Å². The lowest BCUT2D eigenvalue weighted by atomic mass is 9.96. The zero-order chi connectivity index (χ0) is 53.5. The molecular weight excluding hydrogens is 993 g/mol. The summed E-state index contributed by atoms with van der Waals surface area (Å²) in [6.07, 6.45) is -8.43. The predicted molar refractivity (Wildman–Crippen MR) is 301 cm³/mol. The molecule has 10 atom stereocenters. The molecule has 10 unspecified atom stereocenters. The molecule has 11 nitrogen and oxygen atoms in total. The molecule has 0 spiro atoms. The van der Waals surface area contributed by atoms with E-state index in [9.17, 15) is 0 Å². The molecule has 0 radical (unpaired) electrons. The third-order valence-corrected chi connectivity index (χ3v) is 13.9. The quantitative estimate of drug-likeness (QED) is 0.0469. The van der Waals surface area contributed by atoms with Gasteiger partial charge in [-0.25, -0.2) is 0 Å². The minimum atomic E-state index is -1.14. The van der Waals surface area contributed by atoms with E-state index in [1.54, 1.807) is 0 Å². The highest BCUT2D eigenvalue weighted by Gasteiger charge is 2.54. The molecule has 10 rings (SSSR count). The summed E-state index contributed by atoms with van der Waals surface area (Å²) in [5.41, 5.74) is 7.91. The second-order valence-electron chi connectivity index (χ2n) is 19.8. The van der Waals surface area contributed by atoms with Crippen molar-refractivity contribution in [2.45, 2.75) is 114 Å². The summed E-state index contributed by atoms with van der Waals surface area (Å²) in [6, 6.07) is 80.6. The fourth-order valence-electron chi connectivity index (χ4n) is 9.85. The Morgan fingerprint density at radius 2 is 0.430 bits per heavy atom. The van der Waals surface area contributed by atoms with Crippen molar-refractivity contribution in [3.05, 3.63) is 287 Å². The predicted octanol–water partition coefficient (Wildman–Crippen LogP) is 12.4. The Balaban J connectivity index is 1.04. The molecule has 8 aromatic rings. The molecule has 11 heteroatoms. The minimum absolute atomic E-state index is 0.137. The number of rotatable bonds is 28. The van der Waals surface area contributed by atoms with E-state index in [4.69, 9.17) is 52.1 Å². The van der Waals surface area contributed by atoms with Gasteiger partial charge in [0.15, 0.2) is 12.6 Å². The van der Waals surface area contributed by atoms with Gasteiger partial charge in [-0.15, -0.1) is 0 Å². The first-order valence-electron chi connectivity index (χ1n) is 27.3. The van der Waals surface area contributed by atoms with Crippen molar-refractivity contribution < 1.29 is 52.1 Å². The van der Waals surface area contributed by atoms with Crippen LogP contribution >= 0.6 is 0 Å². The maximum Gasteiger partial charge on any atom is 0.190 e. The van der Waals surface area contributed by atoms with E-state index in [-0.39, 0.29) is 52.9 Å². The SMILES string of the molecule is c1ccc(COCC2OC(OC3OC(COCc4ccccc4)C(OCc4ccccc4)C(OCc4ccccc4)C3OCc3ccccc3)C(OCc3ccccc3)C(OCc3ccccc3)C2OCc2ccccc2)cc1. The molecule has 408 valence electrons. The fourth-order valence-corrected chi connectivity index (χ4v) is 9.85. The Bertz CT molecular complexity index is 2690. The summed E-state index contributed by atoms with van der Waals surface area (Å²) in [5.74, 6) is 0. The topological polar surface area (TPSA) is 102 Å². The van der Waals surface area contributed by atoms with Crippen LogP contribution in [0.2, 0.25) is 0 Å².